The fourth-order valence-corrected chi connectivity index (χ4v) is 7.45. The van der Waals surface area contributed by atoms with E-state index in [1.54, 1.807) is 26.0 Å². The van der Waals surface area contributed by atoms with Crippen molar-refractivity contribution in [2.45, 2.75) is 83.0 Å². The van der Waals surface area contributed by atoms with E-state index in [-0.39, 0.29) is 17.9 Å². The fourth-order valence-electron chi connectivity index (χ4n) is 6.87. The van der Waals surface area contributed by atoms with Crippen molar-refractivity contribution in [1.29, 1.82) is 0 Å². The van der Waals surface area contributed by atoms with E-state index in [1.807, 2.05) is 30.3 Å². The third kappa shape index (κ3) is 4.98. The SMILES string of the molecule is CC(C)(Cc1cccc([C@]2(O)[C@@H]3CC[C@H]2C[C@H](OCc2c(-c4c(Cl)cccc4Cl)noc2C2CC2)C3)c1)C(=O)O. The van der Waals surface area contributed by atoms with E-state index >= 15 is 0 Å². The number of aliphatic carboxylic acids is 1. The number of ether oxygens (including phenoxy) is 1. The number of carbonyl (C=O) groups is 1. The molecule has 0 saturated heterocycles. The monoisotopic (exact) mass is 583 g/mol. The molecule has 0 radical (unpaired) electrons. The summed E-state index contributed by atoms with van der Waals surface area (Å²) in [6.45, 7) is 3.82. The van der Waals surface area contributed by atoms with Gasteiger partial charge < -0.3 is 19.5 Å². The van der Waals surface area contributed by atoms with Gasteiger partial charge in [-0.1, -0.05) is 58.7 Å². The number of aromatic nitrogens is 1. The van der Waals surface area contributed by atoms with Gasteiger partial charge in [0.05, 0.1) is 33.8 Å². The van der Waals surface area contributed by atoms with Crippen LogP contribution in [-0.2, 0) is 28.2 Å². The molecule has 4 atom stereocenters. The van der Waals surface area contributed by atoms with E-state index in [4.69, 9.17) is 32.5 Å². The Bertz CT molecular complexity index is 1390. The Morgan fingerprint density at radius 3 is 2.35 bits per heavy atom. The van der Waals surface area contributed by atoms with Crippen molar-refractivity contribution in [2.75, 3.05) is 0 Å². The highest BCUT2D eigenvalue weighted by molar-refractivity contribution is 6.39. The van der Waals surface area contributed by atoms with E-state index in [0.717, 1.165) is 61.0 Å². The molecule has 3 aromatic rings. The smallest absolute Gasteiger partial charge is 0.309 e. The van der Waals surface area contributed by atoms with Gasteiger partial charge in [-0.15, -0.1) is 0 Å². The molecular formula is C32H35Cl2NO5. The van der Waals surface area contributed by atoms with Crippen molar-refractivity contribution in [1.82, 2.24) is 5.16 Å². The molecule has 0 unspecified atom stereocenters. The second-order valence-corrected chi connectivity index (χ2v) is 13.3. The summed E-state index contributed by atoms with van der Waals surface area (Å²) < 4.78 is 12.4. The maximum atomic E-state index is 12.1. The number of aliphatic hydroxyl groups is 1. The number of carboxylic acids is 1. The minimum atomic E-state index is -0.935. The summed E-state index contributed by atoms with van der Waals surface area (Å²) in [5.41, 5.74) is 2.25. The predicted molar refractivity (Wildman–Crippen MR) is 153 cm³/mol. The zero-order valence-corrected chi connectivity index (χ0v) is 24.3. The lowest BCUT2D eigenvalue weighted by Gasteiger charge is -2.43. The lowest BCUT2D eigenvalue weighted by atomic mass is 9.69. The summed E-state index contributed by atoms with van der Waals surface area (Å²) >= 11 is 13.0. The molecule has 0 amide bonds. The van der Waals surface area contributed by atoms with E-state index in [0.29, 0.717) is 40.2 Å². The summed E-state index contributed by atoms with van der Waals surface area (Å²) in [7, 11) is 0. The summed E-state index contributed by atoms with van der Waals surface area (Å²) in [5.74, 6) is 0.533. The van der Waals surface area contributed by atoms with Crippen molar-refractivity contribution < 1.29 is 24.3 Å². The first kappa shape index (κ1) is 27.8. The van der Waals surface area contributed by atoms with Crippen molar-refractivity contribution >= 4 is 29.2 Å². The highest BCUT2D eigenvalue weighted by atomic mass is 35.5. The Kier molecular flexibility index (Phi) is 7.27. The zero-order valence-electron chi connectivity index (χ0n) is 22.8. The van der Waals surface area contributed by atoms with Gasteiger partial charge in [0, 0.05) is 17.0 Å². The standard InChI is InChI=1S/C32H35Cl2NO5/c1-31(2,30(36)37)16-18-5-3-6-20(13-18)32(38)21-11-12-22(32)15-23(14-21)39-17-24-28(35-40-29(24)19-9-10-19)27-25(33)7-4-8-26(27)34/h3-8,13,19,21-23,38H,9-12,14-17H2,1-2H3,(H,36,37)/t21-,22+,23-,32+. The maximum absolute atomic E-state index is 12.1. The molecule has 3 fully saturated rings. The molecule has 0 aliphatic heterocycles. The van der Waals surface area contributed by atoms with Crippen molar-refractivity contribution in [3.05, 3.63) is 75.0 Å². The lowest BCUT2D eigenvalue weighted by Crippen LogP contribution is -2.44. The number of nitrogens with zero attached hydrogens (tertiary/aromatic N) is 1. The van der Waals surface area contributed by atoms with Crippen LogP contribution in [0.25, 0.3) is 11.3 Å². The largest absolute Gasteiger partial charge is 0.481 e. The van der Waals surface area contributed by atoms with Crippen molar-refractivity contribution in [3.63, 3.8) is 0 Å². The summed E-state index contributed by atoms with van der Waals surface area (Å²) in [5, 5.41) is 27.1. The molecule has 2 N–H and O–H groups in total. The van der Waals surface area contributed by atoms with Crippen LogP contribution in [0.15, 0.2) is 47.0 Å². The van der Waals surface area contributed by atoms with Crippen LogP contribution in [0.3, 0.4) is 0 Å². The second kappa shape index (κ2) is 10.5. The van der Waals surface area contributed by atoms with Gasteiger partial charge in [-0.25, -0.2) is 0 Å². The van der Waals surface area contributed by atoms with Gasteiger partial charge in [-0.2, -0.15) is 0 Å². The third-order valence-electron chi connectivity index (χ3n) is 9.25. The Hall–Kier alpha value is -2.38. The van der Waals surface area contributed by atoms with Crippen LogP contribution in [0.5, 0.6) is 0 Å². The maximum Gasteiger partial charge on any atom is 0.309 e. The average Bonchev–Trinajstić information content (AvgIpc) is 3.65. The molecule has 6 rings (SSSR count). The molecular weight excluding hydrogens is 549 g/mol. The van der Waals surface area contributed by atoms with Gasteiger partial charge in [0.2, 0.25) is 0 Å². The van der Waals surface area contributed by atoms with Crippen LogP contribution in [-0.4, -0.2) is 27.4 Å². The van der Waals surface area contributed by atoms with Gasteiger partial charge in [0.15, 0.2) is 0 Å². The molecule has 40 heavy (non-hydrogen) atoms. The van der Waals surface area contributed by atoms with Crippen LogP contribution in [0.4, 0.5) is 0 Å². The highest BCUT2D eigenvalue weighted by Crippen LogP contribution is 2.56. The summed E-state index contributed by atoms with van der Waals surface area (Å²) in [6.07, 6.45) is 5.94. The average molecular weight is 585 g/mol. The van der Waals surface area contributed by atoms with E-state index in [2.05, 4.69) is 5.16 Å². The Morgan fingerprint density at radius 2 is 1.73 bits per heavy atom. The van der Waals surface area contributed by atoms with Crippen LogP contribution < -0.4 is 0 Å². The Morgan fingerprint density at radius 1 is 1.07 bits per heavy atom. The quantitative estimate of drug-likeness (QED) is 0.267. The number of fused-ring (bicyclic) bond motifs is 2. The molecule has 1 aromatic heterocycles. The fraction of sp³-hybridized carbons (Fsp3) is 0.500. The van der Waals surface area contributed by atoms with Crippen LogP contribution >= 0.6 is 23.2 Å². The first-order valence-electron chi connectivity index (χ1n) is 14.2. The van der Waals surface area contributed by atoms with Gasteiger partial charge in [0.25, 0.3) is 0 Å². The lowest BCUT2D eigenvalue weighted by molar-refractivity contribution is -0.146. The third-order valence-corrected chi connectivity index (χ3v) is 9.88. The minimum absolute atomic E-state index is 0.00317. The number of halogens is 2. The first-order chi connectivity index (χ1) is 19.1. The zero-order chi connectivity index (χ0) is 28.2. The first-order valence-corrected chi connectivity index (χ1v) is 14.9. The Balaban J connectivity index is 1.20. The van der Waals surface area contributed by atoms with Gasteiger partial charge in [-0.3, -0.25) is 4.79 Å². The molecule has 6 nitrogen and oxygen atoms in total. The van der Waals surface area contributed by atoms with Crippen LogP contribution in [0.2, 0.25) is 10.0 Å². The van der Waals surface area contributed by atoms with Gasteiger partial charge in [0.1, 0.15) is 11.5 Å². The number of rotatable bonds is 9. The minimum Gasteiger partial charge on any atom is -0.481 e. The summed E-state index contributed by atoms with van der Waals surface area (Å²) in [6, 6.07) is 13.3. The number of benzene rings is 2. The molecule has 2 aromatic carbocycles. The number of hydrogen-bond acceptors (Lipinski definition) is 5. The van der Waals surface area contributed by atoms with E-state index < -0.39 is 17.0 Å². The van der Waals surface area contributed by atoms with Crippen molar-refractivity contribution in [2.24, 2.45) is 17.3 Å². The molecule has 3 aliphatic carbocycles. The molecule has 1 heterocycles. The van der Waals surface area contributed by atoms with Gasteiger partial charge >= 0.3 is 5.97 Å². The van der Waals surface area contributed by atoms with Gasteiger partial charge in [-0.05, 0) is 93.9 Å². The number of carboxylic acid groups (broad SMARTS) is 1. The topological polar surface area (TPSA) is 92.8 Å². The van der Waals surface area contributed by atoms with E-state index in [9.17, 15) is 15.0 Å². The Labute approximate surface area is 244 Å². The van der Waals surface area contributed by atoms with Crippen LogP contribution in [0, 0.1) is 17.3 Å². The molecule has 0 spiro atoms. The normalized spacial score (nSPS) is 26.3. The molecule has 8 heteroatoms. The molecule has 3 aliphatic rings. The predicted octanol–water partition coefficient (Wildman–Crippen LogP) is 7.77. The van der Waals surface area contributed by atoms with Crippen molar-refractivity contribution in [3.8, 4) is 11.3 Å². The second-order valence-electron chi connectivity index (χ2n) is 12.5. The van der Waals surface area contributed by atoms with E-state index in [1.165, 1.54) is 0 Å². The molecule has 3 saturated carbocycles. The van der Waals surface area contributed by atoms with Crippen LogP contribution in [0.1, 0.15) is 80.7 Å². The molecule has 2 bridgehead atoms. The summed E-state index contributed by atoms with van der Waals surface area (Å²) in [4.78, 5) is 11.7. The number of hydrogen-bond donors (Lipinski definition) is 2. The highest BCUT2D eigenvalue weighted by Gasteiger charge is 2.54. The molecule has 212 valence electrons.